The Bertz CT molecular complexity index is 399. The van der Waals surface area contributed by atoms with Crippen molar-refractivity contribution in [1.82, 2.24) is 5.32 Å². The maximum atomic E-state index is 13.1. The molecule has 1 unspecified atom stereocenters. The van der Waals surface area contributed by atoms with Crippen LogP contribution in [0.1, 0.15) is 45.2 Å². The summed E-state index contributed by atoms with van der Waals surface area (Å²) >= 11 is 3.39. The molecular weight excluding hydrogens is 309 g/mol. The van der Waals surface area contributed by atoms with Crippen molar-refractivity contribution in [3.05, 3.63) is 34.1 Å². The highest BCUT2D eigenvalue weighted by molar-refractivity contribution is 9.10. The third kappa shape index (κ3) is 4.26. The maximum Gasteiger partial charge on any atom is 0.124 e. The van der Waals surface area contributed by atoms with Crippen molar-refractivity contribution < 1.29 is 9.50 Å². The minimum atomic E-state index is -0.241. The van der Waals surface area contributed by atoms with E-state index in [0.717, 1.165) is 29.4 Å². The second kappa shape index (κ2) is 7.36. The van der Waals surface area contributed by atoms with E-state index in [1.54, 1.807) is 6.07 Å². The zero-order valence-corrected chi connectivity index (χ0v) is 13.4. The largest absolute Gasteiger partial charge is 0.396 e. The first-order valence-corrected chi connectivity index (χ1v) is 7.56. The van der Waals surface area contributed by atoms with Crippen molar-refractivity contribution in [2.75, 3.05) is 13.2 Å². The highest BCUT2D eigenvalue weighted by Gasteiger charge is 2.25. The molecule has 0 heterocycles. The molecule has 0 amide bonds. The Kier molecular flexibility index (Phi) is 6.43. The molecule has 1 atom stereocenters. The molecule has 0 saturated heterocycles. The Morgan fingerprint density at radius 2 is 2.00 bits per heavy atom. The monoisotopic (exact) mass is 331 g/mol. The topological polar surface area (TPSA) is 32.3 Å². The van der Waals surface area contributed by atoms with E-state index in [-0.39, 0.29) is 23.9 Å². The van der Waals surface area contributed by atoms with Gasteiger partial charge in [-0.2, -0.15) is 0 Å². The second-order valence-corrected chi connectivity index (χ2v) is 5.99. The van der Waals surface area contributed by atoms with Crippen LogP contribution in [-0.4, -0.2) is 18.3 Å². The van der Waals surface area contributed by atoms with Crippen molar-refractivity contribution in [3.8, 4) is 0 Å². The molecule has 1 aromatic rings. The third-order valence-corrected chi connectivity index (χ3v) is 4.73. The molecule has 19 heavy (non-hydrogen) atoms. The summed E-state index contributed by atoms with van der Waals surface area (Å²) in [6.45, 7) is 7.18. The zero-order valence-electron chi connectivity index (χ0n) is 11.8. The number of hydrogen-bond donors (Lipinski definition) is 2. The molecule has 0 radical (unpaired) electrons. The SMILES string of the molecule is CCC(CC)(CO)CNC(C)c1ccc(F)cc1Br. The van der Waals surface area contributed by atoms with Crippen LogP contribution < -0.4 is 5.32 Å². The van der Waals surface area contributed by atoms with Gasteiger partial charge in [0.25, 0.3) is 0 Å². The Morgan fingerprint density at radius 3 is 2.47 bits per heavy atom. The van der Waals surface area contributed by atoms with Gasteiger partial charge in [0.05, 0.1) is 0 Å². The molecular formula is C15H23BrFNO. The average Bonchev–Trinajstić information content (AvgIpc) is 2.40. The second-order valence-electron chi connectivity index (χ2n) is 5.13. The van der Waals surface area contributed by atoms with Gasteiger partial charge in [0.1, 0.15) is 5.82 Å². The molecule has 0 aromatic heterocycles. The van der Waals surface area contributed by atoms with Crippen LogP contribution in [0.5, 0.6) is 0 Å². The first-order valence-electron chi connectivity index (χ1n) is 6.77. The molecule has 0 aliphatic carbocycles. The van der Waals surface area contributed by atoms with E-state index in [1.165, 1.54) is 12.1 Å². The molecule has 4 heteroatoms. The Hall–Kier alpha value is -0.450. The number of nitrogens with one attached hydrogen (secondary N) is 1. The molecule has 0 bridgehead atoms. The average molecular weight is 332 g/mol. The van der Waals surface area contributed by atoms with Crippen LogP contribution >= 0.6 is 15.9 Å². The molecule has 2 N–H and O–H groups in total. The number of aliphatic hydroxyl groups is 1. The lowest BCUT2D eigenvalue weighted by molar-refractivity contribution is 0.110. The Balaban J connectivity index is 2.72. The van der Waals surface area contributed by atoms with Gasteiger partial charge in [-0.25, -0.2) is 4.39 Å². The van der Waals surface area contributed by atoms with E-state index in [1.807, 2.05) is 6.92 Å². The smallest absolute Gasteiger partial charge is 0.124 e. The summed E-state index contributed by atoms with van der Waals surface area (Å²) in [4.78, 5) is 0. The van der Waals surface area contributed by atoms with Gasteiger partial charge >= 0.3 is 0 Å². The predicted octanol–water partition coefficient (Wildman–Crippen LogP) is 4.04. The molecule has 0 aliphatic rings. The van der Waals surface area contributed by atoms with Gasteiger partial charge < -0.3 is 10.4 Å². The number of rotatable bonds is 7. The van der Waals surface area contributed by atoms with E-state index in [9.17, 15) is 9.50 Å². The van der Waals surface area contributed by atoms with Gasteiger partial charge in [0.2, 0.25) is 0 Å². The van der Waals surface area contributed by atoms with Gasteiger partial charge in [-0.05, 0) is 37.5 Å². The fourth-order valence-electron chi connectivity index (χ4n) is 2.11. The number of aliphatic hydroxyl groups excluding tert-OH is 1. The molecule has 108 valence electrons. The number of hydrogen-bond acceptors (Lipinski definition) is 2. The molecule has 1 rings (SSSR count). The van der Waals surface area contributed by atoms with Gasteiger partial charge in [-0.3, -0.25) is 0 Å². The molecule has 0 saturated carbocycles. The highest BCUT2D eigenvalue weighted by Crippen LogP contribution is 2.28. The first kappa shape index (κ1) is 16.6. The van der Waals surface area contributed by atoms with E-state index in [0.29, 0.717) is 0 Å². The zero-order chi connectivity index (χ0) is 14.5. The lowest BCUT2D eigenvalue weighted by Gasteiger charge is -2.31. The lowest BCUT2D eigenvalue weighted by Crippen LogP contribution is -2.37. The van der Waals surface area contributed by atoms with Crippen molar-refractivity contribution >= 4 is 15.9 Å². The van der Waals surface area contributed by atoms with E-state index >= 15 is 0 Å². The molecule has 1 aromatic carbocycles. The molecule has 0 spiro atoms. The van der Waals surface area contributed by atoms with E-state index < -0.39 is 0 Å². The van der Waals surface area contributed by atoms with Crippen molar-refractivity contribution in [2.24, 2.45) is 5.41 Å². The van der Waals surface area contributed by atoms with Gasteiger partial charge in [-0.15, -0.1) is 0 Å². The predicted molar refractivity (Wildman–Crippen MR) is 80.6 cm³/mol. The number of benzene rings is 1. The maximum absolute atomic E-state index is 13.1. The minimum absolute atomic E-state index is 0.0687. The third-order valence-electron chi connectivity index (χ3n) is 4.05. The summed E-state index contributed by atoms with van der Waals surface area (Å²) in [5.74, 6) is -0.241. The van der Waals surface area contributed by atoms with Gasteiger partial charge in [0, 0.05) is 29.1 Å². The van der Waals surface area contributed by atoms with E-state index in [2.05, 4.69) is 35.1 Å². The van der Waals surface area contributed by atoms with Crippen LogP contribution in [0, 0.1) is 11.2 Å². The summed E-state index contributed by atoms with van der Waals surface area (Å²) in [5, 5.41) is 13.0. The van der Waals surface area contributed by atoms with Gasteiger partial charge in [-0.1, -0.05) is 35.8 Å². The van der Waals surface area contributed by atoms with Crippen molar-refractivity contribution in [2.45, 2.75) is 39.7 Å². The molecule has 2 nitrogen and oxygen atoms in total. The quantitative estimate of drug-likeness (QED) is 0.790. The first-order chi connectivity index (χ1) is 8.98. The fraction of sp³-hybridized carbons (Fsp3) is 0.600. The van der Waals surface area contributed by atoms with Gasteiger partial charge in [0.15, 0.2) is 0 Å². The Morgan fingerprint density at radius 1 is 1.37 bits per heavy atom. The standard InChI is InChI=1S/C15H23BrFNO/c1-4-15(5-2,10-19)9-18-11(3)13-7-6-12(17)8-14(13)16/h6-8,11,18-19H,4-5,9-10H2,1-3H3. The summed E-state index contributed by atoms with van der Waals surface area (Å²) in [5.41, 5.74) is 0.960. The summed E-state index contributed by atoms with van der Waals surface area (Å²) in [7, 11) is 0. The van der Waals surface area contributed by atoms with Crippen molar-refractivity contribution in [1.29, 1.82) is 0 Å². The van der Waals surface area contributed by atoms with Crippen LogP contribution in [0.15, 0.2) is 22.7 Å². The Labute approximate surface area is 123 Å². The fourth-order valence-corrected chi connectivity index (χ4v) is 2.81. The van der Waals surface area contributed by atoms with Crippen molar-refractivity contribution in [3.63, 3.8) is 0 Å². The van der Waals surface area contributed by atoms with Crippen LogP contribution in [0.3, 0.4) is 0 Å². The number of halogens is 2. The molecule has 0 aliphatic heterocycles. The molecule has 0 fully saturated rings. The lowest BCUT2D eigenvalue weighted by atomic mass is 9.83. The van der Waals surface area contributed by atoms with E-state index in [4.69, 9.17) is 0 Å². The minimum Gasteiger partial charge on any atom is -0.396 e. The summed E-state index contributed by atoms with van der Waals surface area (Å²) < 4.78 is 13.8. The summed E-state index contributed by atoms with van der Waals surface area (Å²) in [6.07, 6.45) is 1.87. The summed E-state index contributed by atoms with van der Waals surface area (Å²) in [6, 6.07) is 4.85. The normalized spacial score (nSPS) is 13.6. The van der Waals surface area contributed by atoms with Crippen LogP contribution in [0.25, 0.3) is 0 Å². The van der Waals surface area contributed by atoms with Crippen LogP contribution in [-0.2, 0) is 0 Å². The van der Waals surface area contributed by atoms with Crippen LogP contribution in [0.2, 0.25) is 0 Å². The highest BCUT2D eigenvalue weighted by atomic mass is 79.9. The van der Waals surface area contributed by atoms with Crippen LogP contribution in [0.4, 0.5) is 4.39 Å².